The Kier molecular flexibility index (Phi) is 7.07. The lowest BCUT2D eigenvalue weighted by Crippen LogP contribution is -2.32. The Hall–Kier alpha value is -4.20. The smallest absolute Gasteiger partial charge is 0.337 e. The normalized spacial score (nSPS) is 10.8. The second-order valence-corrected chi connectivity index (χ2v) is 7.65. The first-order valence-corrected chi connectivity index (χ1v) is 10.3. The van der Waals surface area contributed by atoms with E-state index in [1.54, 1.807) is 0 Å². The molecule has 1 aromatic heterocycles. The van der Waals surface area contributed by atoms with Crippen LogP contribution in [0, 0.1) is 27.7 Å². The second-order valence-electron chi connectivity index (χ2n) is 7.65. The van der Waals surface area contributed by atoms with Crippen molar-refractivity contribution in [1.82, 2.24) is 9.99 Å². The molecule has 0 radical (unpaired) electrons. The number of aromatic nitrogens is 1. The van der Waals surface area contributed by atoms with Crippen molar-refractivity contribution in [2.75, 3.05) is 12.4 Å². The van der Waals surface area contributed by atoms with Gasteiger partial charge in [-0.3, -0.25) is 9.59 Å². The fraction of sp³-hybridized carbons (Fsp3) is 0.200. The van der Waals surface area contributed by atoms with Gasteiger partial charge in [-0.25, -0.2) is 10.2 Å². The van der Waals surface area contributed by atoms with E-state index in [1.165, 1.54) is 48.7 Å². The highest BCUT2D eigenvalue weighted by atomic mass is 16.5. The van der Waals surface area contributed by atoms with Crippen LogP contribution in [0.2, 0.25) is 0 Å². The molecule has 0 saturated heterocycles. The molecule has 0 bridgehead atoms. The Morgan fingerprint density at radius 3 is 2.24 bits per heavy atom. The Labute approximate surface area is 192 Å². The monoisotopic (exact) mass is 446 g/mol. The average molecular weight is 447 g/mol. The van der Waals surface area contributed by atoms with Crippen molar-refractivity contribution >= 4 is 29.7 Å². The molecule has 8 nitrogen and oxygen atoms in total. The van der Waals surface area contributed by atoms with Gasteiger partial charge in [0.25, 0.3) is 0 Å². The first kappa shape index (κ1) is 23.5. The third-order valence-corrected chi connectivity index (χ3v) is 5.36. The number of aryl methyl sites for hydroxylation is 3. The zero-order chi connectivity index (χ0) is 24.1. The van der Waals surface area contributed by atoms with Gasteiger partial charge in [-0.05, 0) is 81.3 Å². The number of esters is 1. The van der Waals surface area contributed by atoms with Gasteiger partial charge in [-0.2, -0.15) is 5.10 Å². The van der Waals surface area contributed by atoms with E-state index in [1.807, 2.05) is 19.9 Å². The van der Waals surface area contributed by atoms with E-state index in [0.29, 0.717) is 11.3 Å². The van der Waals surface area contributed by atoms with E-state index >= 15 is 0 Å². The number of carbonyl (C=O) groups excluding carboxylic acids is 3. The van der Waals surface area contributed by atoms with Gasteiger partial charge in [-0.15, -0.1) is 0 Å². The maximum absolute atomic E-state index is 12.1. The maximum Gasteiger partial charge on any atom is 0.337 e. The number of nitrogens with one attached hydrogen (secondary N) is 2. The summed E-state index contributed by atoms with van der Waals surface area (Å²) < 4.78 is 6.73. The fourth-order valence-electron chi connectivity index (χ4n) is 3.39. The SMILES string of the molecule is COC(=O)c1ccc(NC(=O)C(=O)N/N=C/c2cc(C)n(-c3ccc(C)c(C)c3)c2C)cc1. The summed E-state index contributed by atoms with van der Waals surface area (Å²) in [6.45, 7) is 8.11. The molecular formula is C25H26N4O4. The lowest BCUT2D eigenvalue weighted by Gasteiger charge is -2.11. The third kappa shape index (κ3) is 5.35. The number of methoxy groups -OCH3 is 1. The van der Waals surface area contributed by atoms with E-state index in [0.717, 1.165) is 22.6 Å². The number of ether oxygens (including phenoxy) is 1. The van der Waals surface area contributed by atoms with Crippen molar-refractivity contribution in [3.63, 3.8) is 0 Å². The molecule has 2 amide bonds. The summed E-state index contributed by atoms with van der Waals surface area (Å²) in [7, 11) is 1.28. The number of nitrogens with zero attached hydrogens (tertiary/aromatic N) is 2. The summed E-state index contributed by atoms with van der Waals surface area (Å²) in [5.41, 5.74) is 9.23. The molecule has 0 spiro atoms. The molecule has 3 rings (SSSR count). The molecule has 0 atom stereocenters. The van der Waals surface area contributed by atoms with Crippen LogP contribution in [0.15, 0.2) is 53.6 Å². The van der Waals surface area contributed by atoms with Gasteiger partial charge in [0.1, 0.15) is 0 Å². The fourth-order valence-corrected chi connectivity index (χ4v) is 3.39. The van der Waals surface area contributed by atoms with Crippen LogP contribution in [0.3, 0.4) is 0 Å². The molecular weight excluding hydrogens is 420 g/mol. The number of hydrazone groups is 1. The summed E-state index contributed by atoms with van der Waals surface area (Å²) in [6.07, 6.45) is 1.51. The summed E-state index contributed by atoms with van der Waals surface area (Å²) >= 11 is 0. The van der Waals surface area contributed by atoms with Gasteiger partial charge in [0, 0.05) is 28.3 Å². The highest BCUT2D eigenvalue weighted by Crippen LogP contribution is 2.21. The van der Waals surface area contributed by atoms with Crippen molar-refractivity contribution in [3.05, 3.63) is 82.2 Å². The Bertz CT molecular complexity index is 1240. The number of hydrogen-bond acceptors (Lipinski definition) is 5. The van der Waals surface area contributed by atoms with Crippen LogP contribution in [0.5, 0.6) is 0 Å². The number of benzene rings is 2. The van der Waals surface area contributed by atoms with Gasteiger partial charge >= 0.3 is 17.8 Å². The maximum atomic E-state index is 12.1. The third-order valence-electron chi connectivity index (χ3n) is 5.36. The number of anilines is 1. The summed E-state index contributed by atoms with van der Waals surface area (Å²) in [6, 6.07) is 14.2. The minimum atomic E-state index is -0.911. The molecule has 0 aliphatic rings. The standard InChI is InChI=1S/C25H26N4O4/c1-15-6-11-22(12-16(15)2)29-17(3)13-20(18(29)4)14-26-28-24(31)23(30)27-21-9-7-19(8-10-21)25(32)33-5/h6-14H,1-5H3,(H,27,30)(H,28,31)/b26-14+. The quantitative estimate of drug-likeness (QED) is 0.271. The molecule has 1 heterocycles. The molecule has 33 heavy (non-hydrogen) atoms. The van der Waals surface area contributed by atoms with Crippen molar-refractivity contribution < 1.29 is 19.1 Å². The van der Waals surface area contributed by atoms with E-state index < -0.39 is 17.8 Å². The largest absolute Gasteiger partial charge is 0.465 e. The van der Waals surface area contributed by atoms with E-state index in [-0.39, 0.29) is 0 Å². The minimum absolute atomic E-state index is 0.336. The molecule has 2 N–H and O–H groups in total. The van der Waals surface area contributed by atoms with Crippen molar-refractivity contribution in [2.45, 2.75) is 27.7 Å². The lowest BCUT2D eigenvalue weighted by molar-refractivity contribution is -0.136. The topological polar surface area (TPSA) is 102 Å². The number of amides is 2. The molecule has 0 aliphatic heterocycles. The Morgan fingerprint density at radius 1 is 0.909 bits per heavy atom. The number of carbonyl (C=O) groups is 3. The zero-order valence-corrected chi connectivity index (χ0v) is 19.2. The van der Waals surface area contributed by atoms with Gasteiger partial charge in [0.2, 0.25) is 0 Å². The van der Waals surface area contributed by atoms with Gasteiger partial charge in [-0.1, -0.05) is 6.07 Å². The van der Waals surface area contributed by atoms with Crippen LogP contribution in [0.4, 0.5) is 5.69 Å². The molecule has 0 saturated carbocycles. The van der Waals surface area contributed by atoms with Crippen LogP contribution < -0.4 is 10.7 Å². The first-order chi connectivity index (χ1) is 15.7. The van der Waals surface area contributed by atoms with E-state index in [4.69, 9.17) is 0 Å². The molecule has 170 valence electrons. The molecule has 3 aromatic rings. The van der Waals surface area contributed by atoms with E-state index in [9.17, 15) is 14.4 Å². The van der Waals surface area contributed by atoms with Gasteiger partial charge in [0.05, 0.1) is 18.9 Å². The zero-order valence-electron chi connectivity index (χ0n) is 19.2. The highest BCUT2D eigenvalue weighted by Gasteiger charge is 2.14. The number of rotatable bonds is 5. The first-order valence-electron chi connectivity index (χ1n) is 10.3. The summed E-state index contributed by atoms with van der Waals surface area (Å²) in [5.74, 6) is -2.28. The minimum Gasteiger partial charge on any atom is -0.465 e. The van der Waals surface area contributed by atoms with Crippen LogP contribution in [0.1, 0.15) is 38.4 Å². The van der Waals surface area contributed by atoms with Crippen LogP contribution in [-0.4, -0.2) is 35.7 Å². The van der Waals surface area contributed by atoms with E-state index in [2.05, 4.69) is 57.2 Å². The van der Waals surface area contributed by atoms with Gasteiger partial charge < -0.3 is 14.6 Å². The predicted octanol–water partition coefficient (Wildman–Crippen LogP) is 3.59. The number of hydrogen-bond donors (Lipinski definition) is 2. The lowest BCUT2D eigenvalue weighted by atomic mass is 10.1. The van der Waals surface area contributed by atoms with Crippen molar-refractivity contribution in [2.24, 2.45) is 5.10 Å². The molecule has 0 aliphatic carbocycles. The highest BCUT2D eigenvalue weighted by molar-refractivity contribution is 6.39. The van der Waals surface area contributed by atoms with Crippen molar-refractivity contribution in [3.8, 4) is 5.69 Å². The van der Waals surface area contributed by atoms with Crippen LogP contribution in [0.25, 0.3) is 5.69 Å². The van der Waals surface area contributed by atoms with Crippen LogP contribution in [-0.2, 0) is 14.3 Å². The molecule has 8 heteroatoms. The Balaban J connectivity index is 1.65. The van der Waals surface area contributed by atoms with Crippen molar-refractivity contribution in [1.29, 1.82) is 0 Å². The summed E-state index contributed by atoms with van der Waals surface area (Å²) in [4.78, 5) is 35.7. The van der Waals surface area contributed by atoms with Crippen LogP contribution >= 0.6 is 0 Å². The molecule has 0 fully saturated rings. The molecule has 2 aromatic carbocycles. The Morgan fingerprint density at radius 2 is 1.61 bits per heavy atom. The average Bonchev–Trinajstić information content (AvgIpc) is 3.08. The second kappa shape index (κ2) is 9.95. The predicted molar refractivity (Wildman–Crippen MR) is 127 cm³/mol. The molecule has 0 unspecified atom stereocenters. The summed E-state index contributed by atoms with van der Waals surface area (Å²) in [5, 5.41) is 6.38. The van der Waals surface area contributed by atoms with Gasteiger partial charge in [0.15, 0.2) is 0 Å².